The summed E-state index contributed by atoms with van der Waals surface area (Å²) in [6.45, 7) is 4.77. The van der Waals surface area contributed by atoms with Gasteiger partial charge >= 0.3 is 0 Å². The molecule has 3 nitrogen and oxygen atoms in total. The van der Waals surface area contributed by atoms with Gasteiger partial charge in [0.05, 0.1) is 22.4 Å². The van der Waals surface area contributed by atoms with Crippen molar-refractivity contribution in [2.24, 2.45) is 0 Å². The molecule has 2 aromatic heterocycles. The molecule has 0 amide bonds. The Kier molecular flexibility index (Phi) is 5.92. The molecule has 0 fully saturated rings. The first-order valence-electron chi connectivity index (χ1n) is 17.0. The lowest BCUT2D eigenvalue weighted by Crippen LogP contribution is -2.27. The number of aromatic nitrogens is 2. The van der Waals surface area contributed by atoms with E-state index in [1.807, 2.05) is 6.20 Å². The van der Waals surface area contributed by atoms with Crippen LogP contribution in [-0.2, 0) is 5.41 Å². The van der Waals surface area contributed by atoms with Crippen LogP contribution in [0.5, 0.6) is 0 Å². The van der Waals surface area contributed by atoms with Gasteiger partial charge in [0, 0.05) is 50.4 Å². The molecule has 3 heterocycles. The predicted octanol–water partition coefficient (Wildman–Crippen LogP) is 12.3. The van der Waals surface area contributed by atoms with Crippen LogP contribution in [0.15, 0.2) is 164 Å². The first-order chi connectivity index (χ1) is 24.1. The maximum absolute atomic E-state index is 4.92. The van der Waals surface area contributed by atoms with Gasteiger partial charge in [-0.3, -0.25) is 4.98 Å². The molecule has 0 aliphatic carbocycles. The summed E-state index contributed by atoms with van der Waals surface area (Å²) >= 11 is 0. The van der Waals surface area contributed by atoms with Crippen LogP contribution in [0.25, 0.3) is 60.3 Å². The summed E-state index contributed by atoms with van der Waals surface area (Å²) in [5.74, 6) is 0. The highest BCUT2D eigenvalue weighted by molar-refractivity contribution is 6.23. The molecule has 10 rings (SSSR count). The van der Waals surface area contributed by atoms with Crippen molar-refractivity contribution in [3.8, 4) is 16.9 Å². The molecule has 3 heteroatoms. The summed E-state index contributed by atoms with van der Waals surface area (Å²) in [4.78, 5) is 7.32. The fraction of sp³-hybridized carbons (Fsp3) is 0.0652. The third-order valence-corrected chi connectivity index (χ3v) is 10.5. The van der Waals surface area contributed by atoms with Gasteiger partial charge < -0.3 is 9.47 Å². The van der Waals surface area contributed by atoms with E-state index in [0.717, 1.165) is 33.7 Å². The topological polar surface area (TPSA) is 21.1 Å². The van der Waals surface area contributed by atoms with Crippen molar-refractivity contribution in [2.75, 3.05) is 4.90 Å². The fourth-order valence-corrected chi connectivity index (χ4v) is 8.14. The molecule has 0 N–H and O–H groups in total. The average molecular weight is 628 g/mol. The van der Waals surface area contributed by atoms with E-state index in [1.54, 1.807) is 0 Å². The second-order valence-electron chi connectivity index (χ2n) is 13.7. The zero-order valence-electron chi connectivity index (χ0n) is 27.4. The number of fused-ring (bicyclic) bond motifs is 8. The Bertz CT molecular complexity index is 2700. The zero-order chi connectivity index (χ0) is 32.7. The molecule has 0 bridgehead atoms. The van der Waals surface area contributed by atoms with E-state index in [9.17, 15) is 0 Å². The molecule has 1 aliphatic rings. The minimum absolute atomic E-state index is 0.296. The molecule has 0 saturated carbocycles. The molecule has 49 heavy (non-hydrogen) atoms. The number of anilines is 3. The first kappa shape index (κ1) is 27.9. The van der Waals surface area contributed by atoms with Crippen molar-refractivity contribution in [3.05, 3.63) is 175 Å². The molecular weight excluding hydrogens is 595 g/mol. The molecule has 0 saturated heterocycles. The van der Waals surface area contributed by atoms with Crippen molar-refractivity contribution in [1.82, 2.24) is 9.55 Å². The number of rotatable bonds is 4. The van der Waals surface area contributed by atoms with Crippen molar-refractivity contribution in [1.29, 1.82) is 0 Å². The summed E-state index contributed by atoms with van der Waals surface area (Å²) < 4.78 is 2.52. The van der Waals surface area contributed by atoms with E-state index in [2.05, 4.69) is 181 Å². The summed E-state index contributed by atoms with van der Waals surface area (Å²) in [6.07, 6.45) is 1.99. The van der Waals surface area contributed by atoms with Crippen LogP contribution in [0.4, 0.5) is 17.1 Å². The Labute approximate surface area is 285 Å². The SMILES string of the molecule is CC1(C)c2cc(-c3cc4ccccc4cn3)ccc2-n2c3ccc4ccccc4c3c3cc(N(c4ccccc4)c4ccccc4)cc1c32. The van der Waals surface area contributed by atoms with Gasteiger partial charge in [0.15, 0.2) is 0 Å². The highest BCUT2D eigenvalue weighted by Crippen LogP contribution is 2.51. The number of hydrogen-bond acceptors (Lipinski definition) is 2. The van der Waals surface area contributed by atoms with Gasteiger partial charge in [-0.1, -0.05) is 111 Å². The third-order valence-electron chi connectivity index (χ3n) is 10.5. The molecule has 0 radical (unpaired) electrons. The van der Waals surface area contributed by atoms with Crippen LogP contribution in [0.2, 0.25) is 0 Å². The minimum Gasteiger partial charge on any atom is -0.310 e. The quantitative estimate of drug-likeness (QED) is 0.194. The third kappa shape index (κ3) is 4.12. The highest BCUT2D eigenvalue weighted by atomic mass is 15.1. The smallest absolute Gasteiger partial charge is 0.0708 e. The van der Waals surface area contributed by atoms with Crippen LogP contribution in [0.1, 0.15) is 25.0 Å². The van der Waals surface area contributed by atoms with Crippen LogP contribution in [-0.4, -0.2) is 9.55 Å². The van der Waals surface area contributed by atoms with Gasteiger partial charge in [-0.25, -0.2) is 0 Å². The van der Waals surface area contributed by atoms with E-state index in [-0.39, 0.29) is 5.41 Å². The Balaban J connectivity index is 1.30. The largest absolute Gasteiger partial charge is 0.310 e. The number of pyridine rings is 1. The lowest BCUT2D eigenvalue weighted by molar-refractivity contribution is 0.630. The van der Waals surface area contributed by atoms with Gasteiger partial charge in [-0.2, -0.15) is 0 Å². The van der Waals surface area contributed by atoms with Gasteiger partial charge in [0.25, 0.3) is 0 Å². The summed E-state index contributed by atoms with van der Waals surface area (Å²) in [6, 6.07) is 57.3. The Morgan fingerprint density at radius 1 is 0.531 bits per heavy atom. The van der Waals surface area contributed by atoms with Crippen molar-refractivity contribution >= 4 is 60.4 Å². The molecule has 232 valence electrons. The molecular formula is C46H33N3. The fourth-order valence-electron chi connectivity index (χ4n) is 8.14. The van der Waals surface area contributed by atoms with E-state index in [4.69, 9.17) is 4.98 Å². The normalized spacial score (nSPS) is 13.3. The van der Waals surface area contributed by atoms with Crippen LogP contribution >= 0.6 is 0 Å². The average Bonchev–Trinajstić information content (AvgIpc) is 3.49. The number of nitrogens with zero attached hydrogens (tertiary/aromatic N) is 3. The van der Waals surface area contributed by atoms with Gasteiger partial charge in [-0.15, -0.1) is 0 Å². The number of benzene rings is 7. The Hall–Kier alpha value is -6.19. The van der Waals surface area contributed by atoms with Crippen LogP contribution in [0, 0.1) is 0 Å². The van der Waals surface area contributed by atoms with E-state index in [0.29, 0.717) is 0 Å². The Morgan fingerprint density at radius 3 is 1.96 bits per heavy atom. The van der Waals surface area contributed by atoms with Crippen LogP contribution in [0.3, 0.4) is 0 Å². The van der Waals surface area contributed by atoms with Crippen LogP contribution < -0.4 is 4.90 Å². The number of para-hydroxylation sites is 2. The molecule has 1 aliphatic heterocycles. The van der Waals surface area contributed by atoms with Gasteiger partial charge in [0.2, 0.25) is 0 Å². The summed E-state index contributed by atoms with van der Waals surface area (Å²) in [5, 5.41) is 7.44. The predicted molar refractivity (Wildman–Crippen MR) is 206 cm³/mol. The monoisotopic (exact) mass is 627 g/mol. The van der Waals surface area contributed by atoms with Crippen molar-refractivity contribution < 1.29 is 0 Å². The lowest BCUT2D eigenvalue weighted by atomic mass is 9.74. The molecule has 9 aromatic rings. The molecule has 7 aromatic carbocycles. The zero-order valence-corrected chi connectivity index (χ0v) is 27.4. The maximum atomic E-state index is 4.92. The van der Waals surface area contributed by atoms with Crippen molar-refractivity contribution in [3.63, 3.8) is 0 Å². The lowest BCUT2D eigenvalue weighted by Gasteiger charge is -2.36. The second kappa shape index (κ2) is 10.4. The number of hydrogen-bond donors (Lipinski definition) is 0. The molecule has 0 atom stereocenters. The van der Waals surface area contributed by atoms with E-state index >= 15 is 0 Å². The highest BCUT2D eigenvalue weighted by Gasteiger charge is 2.37. The van der Waals surface area contributed by atoms with Gasteiger partial charge in [0.1, 0.15) is 0 Å². The van der Waals surface area contributed by atoms with Gasteiger partial charge in [-0.05, 0) is 87.9 Å². The maximum Gasteiger partial charge on any atom is 0.0708 e. The molecule has 0 spiro atoms. The van der Waals surface area contributed by atoms with E-state index < -0.39 is 0 Å². The first-order valence-corrected chi connectivity index (χ1v) is 17.0. The minimum atomic E-state index is -0.296. The second-order valence-corrected chi connectivity index (χ2v) is 13.7. The summed E-state index contributed by atoms with van der Waals surface area (Å²) in [7, 11) is 0. The Morgan fingerprint density at radius 2 is 1.20 bits per heavy atom. The standard InChI is InChI=1S/C46H33N3/c1-46(2)39-25-32(41-26-31-14-9-10-15-33(31)29-47-41)22-23-42(39)49-43-24-21-30-13-11-12-20-37(30)44(43)38-27-36(28-40(46)45(38)49)48(34-16-5-3-6-17-34)35-18-7-4-8-19-35/h3-29H,1-2H3. The molecule has 0 unspecified atom stereocenters. The summed E-state index contributed by atoms with van der Waals surface area (Å²) in [5.41, 5.74) is 11.6. The van der Waals surface area contributed by atoms with E-state index in [1.165, 1.54) is 54.8 Å². The van der Waals surface area contributed by atoms with Crippen molar-refractivity contribution in [2.45, 2.75) is 19.3 Å².